The fourth-order valence-electron chi connectivity index (χ4n) is 6.76. The summed E-state index contributed by atoms with van der Waals surface area (Å²) in [5.74, 6) is -0.0216. The Morgan fingerprint density at radius 1 is 0.727 bits per heavy atom. The highest BCUT2D eigenvalue weighted by atomic mass is 32.2. The van der Waals surface area contributed by atoms with Crippen LogP contribution in [0.1, 0.15) is 115 Å². The van der Waals surface area contributed by atoms with Crippen molar-refractivity contribution in [1.29, 1.82) is 0 Å². The number of azo groups is 1. The summed E-state index contributed by atoms with van der Waals surface area (Å²) in [6, 6.07) is 24.0. The van der Waals surface area contributed by atoms with Crippen LogP contribution in [0.25, 0.3) is 16.5 Å². The molecule has 0 radical (unpaired) electrons. The third kappa shape index (κ3) is 12.0. The Morgan fingerprint density at radius 3 is 1.91 bits per heavy atom. The quantitative estimate of drug-likeness (QED) is 0.0326. The summed E-state index contributed by atoms with van der Waals surface area (Å²) >= 11 is 0. The van der Waals surface area contributed by atoms with Crippen LogP contribution in [0.5, 0.6) is 11.5 Å². The number of benzene rings is 4. The number of hydrogen-bond acceptors (Lipinski definition) is 7. The molecule has 0 bridgehead atoms. The molecule has 0 unspecified atom stereocenters. The van der Waals surface area contributed by atoms with Gasteiger partial charge in [-0.3, -0.25) is 14.6 Å². The first kappa shape index (κ1) is 41.3. The van der Waals surface area contributed by atoms with Gasteiger partial charge < -0.3 is 9.84 Å². The zero-order valence-electron chi connectivity index (χ0n) is 32.4. The summed E-state index contributed by atoms with van der Waals surface area (Å²) in [6.07, 6.45) is 20.5. The van der Waals surface area contributed by atoms with Gasteiger partial charge in [-0.1, -0.05) is 146 Å². The van der Waals surface area contributed by atoms with Crippen LogP contribution in [-0.4, -0.2) is 29.9 Å². The van der Waals surface area contributed by atoms with E-state index < -0.39 is 10.0 Å². The molecule has 0 spiro atoms. The van der Waals surface area contributed by atoms with Crippen LogP contribution in [0.3, 0.4) is 0 Å². The van der Waals surface area contributed by atoms with E-state index in [1.54, 1.807) is 37.3 Å². The Balaban J connectivity index is 1.10. The number of sulfonamides is 1. The first-order valence-corrected chi connectivity index (χ1v) is 21.6. The minimum Gasteiger partial charge on any atom is -0.503 e. The molecule has 11 heteroatoms. The zero-order valence-corrected chi connectivity index (χ0v) is 33.3. The zero-order chi connectivity index (χ0) is 38.9. The second-order valence-electron chi connectivity index (χ2n) is 14.3. The second-order valence-corrected chi connectivity index (χ2v) is 16.0. The number of aromatic amines is 1. The second kappa shape index (κ2) is 21.3. The van der Waals surface area contributed by atoms with Gasteiger partial charge in [-0.05, 0) is 61.2 Å². The first-order valence-electron chi connectivity index (χ1n) is 20.1. The predicted octanol–water partition coefficient (Wildman–Crippen LogP) is 12.2. The number of aryl methyl sites for hydroxylation is 1. The minimum atomic E-state index is -4.12. The van der Waals surface area contributed by atoms with Gasteiger partial charge in [0.05, 0.1) is 28.6 Å². The van der Waals surface area contributed by atoms with E-state index in [0.29, 0.717) is 29.1 Å². The summed E-state index contributed by atoms with van der Waals surface area (Å²) in [7, 11) is -4.12. The van der Waals surface area contributed by atoms with Gasteiger partial charge in [-0.15, -0.1) is 5.11 Å². The molecule has 0 aliphatic rings. The van der Waals surface area contributed by atoms with Crippen molar-refractivity contribution in [3.8, 4) is 17.2 Å². The molecule has 10 nitrogen and oxygen atoms in total. The minimum absolute atomic E-state index is 0.0290. The Hall–Kier alpha value is -4.90. The lowest BCUT2D eigenvalue weighted by Gasteiger charge is -2.16. The number of nitrogens with zero attached hydrogens (tertiary/aromatic N) is 3. The van der Waals surface area contributed by atoms with E-state index in [1.165, 1.54) is 112 Å². The van der Waals surface area contributed by atoms with E-state index in [2.05, 4.69) is 27.0 Å². The van der Waals surface area contributed by atoms with Gasteiger partial charge >= 0.3 is 0 Å². The Morgan fingerprint density at radius 2 is 1.29 bits per heavy atom. The molecule has 0 saturated heterocycles. The highest BCUT2D eigenvalue weighted by molar-refractivity contribution is 7.92. The third-order valence-electron chi connectivity index (χ3n) is 9.95. The van der Waals surface area contributed by atoms with Crippen molar-refractivity contribution in [2.45, 2.75) is 121 Å². The number of H-pyrrole nitrogens is 1. The fraction of sp³-hybridized carbons (Fsp3) is 0.432. The largest absolute Gasteiger partial charge is 0.503 e. The van der Waals surface area contributed by atoms with E-state index in [0.717, 1.165) is 24.6 Å². The average Bonchev–Trinajstić information content (AvgIpc) is 3.48. The number of fused-ring (bicyclic) bond motifs is 1. The topological polar surface area (TPSA) is 138 Å². The van der Waals surface area contributed by atoms with Gasteiger partial charge in [0.2, 0.25) is 0 Å². The van der Waals surface area contributed by atoms with Crippen LogP contribution in [0.4, 0.5) is 17.1 Å². The molecule has 0 fully saturated rings. The molecule has 5 rings (SSSR count). The summed E-state index contributed by atoms with van der Waals surface area (Å²) in [4.78, 5) is 12.9. The summed E-state index contributed by atoms with van der Waals surface area (Å²) in [5.41, 5.74) is 1.44. The summed E-state index contributed by atoms with van der Waals surface area (Å²) < 4.78 is 37.2. The van der Waals surface area contributed by atoms with E-state index in [-0.39, 0.29) is 33.3 Å². The van der Waals surface area contributed by atoms with Crippen molar-refractivity contribution in [3.05, 3.63) is 101 Å². The molecule has 0 atom stereocenters. The number of rotatable bonds is 24. The molecule has 5 aromatic rings. The number of aromatic hydroxyl groups is 1. The van der Waals surface area contributed by atoms with Crippen LogP contribution in [0.2, 0.25) is 0 Å². The summed E-state index contributed by atoms with van der Waals surface area (Å²) in [5, 5.41) is 23.9. The SMILES string of the molecule is CCCCCCCCCCCCCCCCCCOc1cc2ccccc2c(NS(=O)(=O)c2ccc(N=Nc3c(C)[nH]n(-c4ccccc4)c3=O)cc2)c1O. The van der Waals surface area contributed by atoms with E-state index >= 15 is 0 Å². The monoisotopic (exact) mass is 767 g/mol. The molecular weight excluding hydrogens is 711 g/mol. The smallest absolute Gasteiger partial charge is 0.299 e. The van der Waals surface area contributed by atoms with Crippen LogP contribution >= 0.6 is 0 Å². The van der Waals surface area contributed by atoms with Crippen LogP contribution < -0.4 is 15.0 Å². The standard InChI is InChI=1S/C44H57N5O5S/c1-3-4-5-6-7-8-9-10-11-12-13-14-15-16-17-23-32-54-40-33-35-24-21-22-27-39(35)42(43(40)50)48-55(52,53)38-30-28-36(29-31-38)45-46-41-34(2)47-49(44(41)51)37-25-19-18-20-26-37/h18-22,24-31,33,47-48,50H,3-17,23,32H2,1-2H3. The lowest BCUT2D eigenvalue weighted by Crippen LogP contribution is -2.13. The Bertz CT molecular complexity index is 2130. The maximum Gasteiger partial charge on any atom is 0.299 e. The molecule has 1 aromatic heterocycles. The number of anilines is 1. The molecule has 55 heavy (non-hydrogen) atoms. The van der Waals surface area contributed by atoms with Crippen LogP contribution in [0.15, 0.2) is 105 Å². The molecule has 0 amide bonds. The highest BCUT2D eigenvalue weighted by Gasteiger charge is 2.21. The molecule has 0 saturated carbocycles. The number of ether oxygens (including phenoxy) is 1. The lowest BCUT2D eigenvalue weighted by atomic mass is 10.0. The maximum atomic E-state index is 13.6. The number of aromatic nitrogens is 2. The molecule has 0 aliphatic heterocycles. The fourth-order valence-corrected chi connectivity index (χ4v) is 7.85. The molecule has 294 valence electrons. The number of phenolic OH excluding ortho intramolecular Hbond substituents is 1. The number of unbranched alkanes of at least 4 members (excludes halogenated alkanes) is 15. The maximum absolute atomic E-state index is 13.6. The highest BCUT2D eigenvalue weighted by Crippen LogP contribution is 2.42. The number of hydrogen-bond donors (Lipinski definition) is 3. The van der Waals surface area contributed by atoms with Gasteiger partial charge in [0, 0.05) is 5.39 Å². The molecular formula is C44H57N5O5S. The van der Waals surface area contributed by atoms with Crippen molar-refractivity contribution < 1.29 is 18.3 Å². The van der Waals surface area contributed by atoms with E-state index in [9.17, 15) is 18.3 Å². The van der Waals surface area contributed by atoms with E-state index in [1.807, 2.05) is 30.3 Å². The van der Waals surface area contributed by atoms with Crippen LogP contribution in [-0.2, 0) is 10.0 Å². The molecule has 3 N–H and O–H groups in total. The average molecular weight is 768 g/mol. The van der Waals surface area contributed by atoms with Crippen molar-refractivity contribution in [2.24, 2.45) is 10.2 Å². The number of phenols is 1. The van der Waals surface area contributed by atoms with Gasteiger partial charge in [0.1, 0.15) is 5.69 Å². The number of nitrogens with one attached hydrogen (secondary N) is 2. The van der Waals surface area contributed by atoms with Gasteiger partial charge in [0.15, 0.2) is 17.2 Å². The first-order chi connectivity index (χ1) is 26.8. The van der Waals surface area contributed by atoms with Gasteiger partial charge in [-0.25, -0.2) is 13.1 Å². The van der Waals surface area contributed by atoms with Crippen molar-refractivity contribution in [2.75, 3.05) is 11.3 Å². The Labute approximate surface area is 326 Å². The third-order valence-corrected chi connectivity index (χ3v) is 11.3. The normalized spacial score (nSPS) is 11.8. The van der Waals surface area contributed by atoms with Crippen LogP contribution in [0, 0.1) is 6.92 Å². The molecule has 4 aromatic carbocycles. The van der Waals surface area contributed by atoms with Crippen molar-refractivity contribution >= 4 is 37.9 Å². The lowest BCUT2D eigenvalue weighted by molar-refractivity contribution is 0.290. The van der Waals surface area contributed by atoms with Crippen molar-refractivity contribution in [3.63, 3.8) is 0 Å². The molecule has 1 heterocycles. The predicted molar refractivity (Wildman–Crippen MR) is 223 cm³/mol. The molecule has 0 aliphatic carbocycles. The summed E-state index contributed by atoms with van der Waals surface area (Å²) in [6.45, 7) is 4.43. The Kier molecular flexibility index (Phi) is 16.0. The van der Waals surface area contributed by atoms with Crippen molar-refractivity contribution in [1.82, 2.24) is 9.78 Å². The van der Waals surface area contributed by atoms with Gasteiger partial charge in [0.25, 0.3) is 15.6 Å². The number of para-hydroxylation sites is 1. The van der Waals surface area contributed by atoms with E-state index in [4.69, 9.17) is 4.74 Å². The van der Waals surface area contributed by atoms with Gasteiger partial charge in [-0.2, -0.15) is 5.11 Å².